The first-order chi connectivity index (χ1) is 3.66. The van der Waals surface area contributed by atoms with Gasteiger partial charge in [0.05, 0.1) is 0 Å². The molecule has 10 heavy (non-hydrogen) atoms. The number of ether oxygens (including phenoxy) is 1. The van der Waals surface area contributed by atoms with Crippen LogP contribution in [-0.4, -0.2) is 87.4 Å². The van der Waals surface area contributed by atoms with Crippen LogP contribution in [0.3, 0.4) is 0 Å². The molecule has 0 saturated heterocycles. The van der Waals surface area contributed by atoms with Crippen LogP contribution in [0, 0.1) is 0 Å². The Morgan fingerprint density at radius 1 is 1.30 bits per heavy atom. The van der Waals surface area contributed by atoms with Gasteiger partial charge in [0, 0.05) is 13.3 Å². The van der Waals surface area contributed by atoms with E-state index < -0.39 is 11.9 Å². The van der Waals surface area contributed by atoms with Gasteiger partial charge in [-0.25, -0.2) is 0 Å². The normalized spacial score (nSPS) is 6.60. The van der Waals surface area contributed by atoms with E-state index in [1.807, 2.05) is 0 Å². The first-order valence-electron chi connectivity index (χ1n) is 2.38. The van der Waals surface area contributed by atoms with Crippen molar-refractivity contribution in [1.29, 1.82) is 0 Å². The summed E-state index contributed by atoms with van der Waals surface area (Å²) in [6, 6.07) is 0. The fraction of sp³-hybridized carbons (Fsp3) is 0.600. The summed E-state index contributed by atoms with van der Waals surface area (Å²) in [5.74, 6) is -1.02. The van der Waals surface area contributed by atoms with Crippen LogP contribution in [0.1, 0.15) is 20.3 Å². The Hall–Kier alpha value is 1.66. The van der Waals surface area contributed by atoms with Gasteiger partial charge < -0.3 is 4.74 Å². The van der Waals surface area contributed by atoms with E-state index in [-0.39, 0.29) is 81.9 Å². The number of rotatable bonds is 1. The van der Waals surface area contributed by atoms with Crippen molar-refractivity contribution in [3.63, 3.8) is 0 Å². The fourth-order valence-corrected chi connectivity index (χ4v) is 0.232. The van der Waals surface area contributed by atoms with Gasteiger partial charge in [-0.1, -0.05) is 6.92 Å². The number of hydrogen-bond acceptors (Lipinski definition) is 3. The minimum atomic E-state index is -0.545. The molecule has 5 heteroatoms. The van der Waals surface area contributed by atoms with Crippen molar-refractivity contribution in [2.75, 3.05) is 0 Å². The van der Waals surface area contributed by atoms with Crippen molar-refractivity contribution in [3.8, 4) is 0 Å². The third kappa shape index (κ3) is 12.3. The number of hydrogen-bond donors (Lipinski definition) is 0. The molecule has 3 nitrogen and oxygen atoms in total. The van der Waals surface area contributed by atoms with Gasteiger partial charge in [-0.05, 0) is 0 Å². The molecule has 0 aliphatic carbocycles. The molecule has 0 rings (SSSR count). The fourth-order valence-electron chi connectivity index (χ4n) is 0.232. The summed E-state index contributed by atoms with van der Waals surface area (Å²) < 4.78 is 4.12. The molecule has 0 saturated carbocycles. The van der Waals surface area contributed by atoms with Crippen LogP contribution in [-0.2, 0) is 14.3 Å². The molecule has 0 aliphatic heterocycles. The molecule has 0 spiro atoms. The second-order valence-electron chi connectivity index (χ2n) is 1.32. The average molecular weight is 200 g/mol. The summed E-state index contributed by atoms with van der Waals surface area (Å²) in [7, 11) is 0. The molecule has 0 unspecified atom stereocenters. The molecule has 0 amide bonds. The average Bonchev–Trinajstić information content (AvgIpc) is 1.65. The van der Waals surface area contributed by atoms with Gasteiger partial charge in [0.15, 0.2) is 0 Å². The summed E-state index contributed by atoms with van der Waals surface area (Å²) in [4.78, 5) is 20.1. The molecule has 0 radical (unpaired) electrons. The molecular formula is C5H12Ca2O3. The van der Waals surface area contributed by atoms with Crippen LogP contribution in [0.5, 0.6) is 0 Å². The SMILES string of the molecule is CCC(=O)OC(C)=O.[CaH2].[CaH2]. The zero-order chi connectivity index (χ0) is 6.57. The Bertz CT molecular complexity index is 113. The maximum absolute atomic E-state index is 10.2. The van der Waals surface area contributed by atoms with Crippen LogP contribution < -0.4 is 0 Å². The topological polar surface area (TPSA) is 43.4 Å². The van der Waals surface area contributed by atoms with E-state index in [4.69, 9.17) is 0 Å². The van der Waals surface area contributed by atoms with E-state index in [0.29, 0.717) is 0 Å². The van der Waals surface area contributed by atoms with E-state index in [1.165, 1.54) is 6.92 Å². The molecule has 0 aromatic heterocycles. The second-order valence-corrected chi connectivity index (χ2v) is 1.32. The van der Waals surface area contributed by atoms with Crippen molar-refractivity contribution in [1.82, 2.24) is 0 Å². The van der Waals surface area contributed by atoms with E-state index in [2.05, 4.69) is 4.74 Å². The monoisotopic (exact) mass is 200 g/mol. The van der Waals surface area contributed by atoms with Crippen LogP contribution in [0.15, 0.2) is 0 Å². The summed E-state index contributed by atoms with van der Waals surface area (Å²) in [6.45, 7) is 2.83. The van der Waals surface area contributed by atoms with E-state index in [9.17, 15) is 9.59 Å². The van der Waals surface area contributed by atoms with E-state index in [0.717, 1.165) is 0 Å². The Balaban J connectivity index is -0.000000245. The van der Waals surface area contributed by atoms with E-state index in [1.54, 1.807) is 6.92 Å². The van der Waals surface area contributed by atoms with Gasteiger partial charge in [0.1, 0.15) is 0 Å². The molecule has 54 valence electrons. The third-order valence-corrected chi connectivity index (χ3v) is 0.546. The zero-order valence-corrected chi connectivity index (χ0v) is 4.93. The molecule has 0 atom stereocenters. The minimum absolute atomic E-state index is 0. The molecule has 0 bridgehead atoms. The van der Waals surface area contributed by atoms with Crippen LogP contribution in [0.4, 0.5) is 0 Å². The number of carbonyl (C=O) groups excluding carboxylic acids is 2. The molecule has 0 heterocycles. The summed E-state index contributed by atoms with van der Waals surface area (Å²) in [5, 5.41) is 0. The molecule has 0 fully saturated rings. The zero-order valence-electron chi connectivity index (χ0n) is 4.93. The first kappa shape index (κ1) is 17.7. The maximum atomic E-state index is 10.2. The summed E-state index contributed by atoms with van der Waals surface area (Å²) in [5.41, 5.74) is 0. The van der Waals surface area contributed by atoms with Gasteiger partial charge in [0.2, 0.25) is 0 Å². The Labute approximate surface area is 120 Å². The second kappa shape index (κ2) is 10.7. The van der Waals surface area contributed by atoms with E-state index >= 15 is 0 Å². The van der Waals surface area contributed by atoms with Crippen molar-refractivity contribution >= 4 is 87.4 Å². The number of carbonyl (C=O) groups is 2. The van der Waals surface area contributed by atoms with Gasteiger partial charge in [-0.3, -0.25) is 9.59 Å². The van der Waals surface area contributed by atoms with Gasteiger partial charge in [-0.2, -0.15) is 0 Å². The van der Waals surface area contributed by atoms with Crippen molar-refractivity contribution < 1.29 is 14.3 Å². The molecule has 0 N–H and O–H groups in total. The van der Waals surface area contributed by atoms with Crippen molar-refractivity contribution in [3.05, 3.63) is 0 Å². The van der Waals surface area contributed by atoms with Crippen LogP contribution in [0.25, 0.3) is 0 Å². The first-order valence-corrected chi connectivity index (χ1v) is 2.38. The van der Waals surface area contributed by atoms with Crippen molar-refractivity contribution in [2.24, 2.45) is 0 Å². The Morgan fingerprint density at radius 2 is 1.70 bits per heavy atom. The summed E-state index contributed by atoms with van der Waals surface area (Å²) >= 11 is 0. The molecule has 0 aromatic carbocycles. The summed E-state index contributed by atoms with van der Waals surface area (Å²) in [6.07, 6.45) is 0.250. The van der Waals surface area contributed by atoms with Crippen LogP contribution in [0.2, 0.25) is 0 Å². The predicted molar refractivity (Wildman–Crippen MR) is 44.2 cm³/mol. The van der Waals surface area contributed by atoms with Gasteiger partial charge >= 0.3 is 87.4 Å². The number of esters is 2. The van der Waals surface area contributed by atoms with Gasteiger partial charge in [0.25, 0.3) is 0 Å². The molecule has 0 aliphatic rings. The third-order valence-electron chi connectivity index (χ3n) is 0.546. The molecular weight excluding hydrogens is 188 g/mol. The molecule has 0 aromatic rings. The van der Waals surface area contributed by atoms with Crippen LogP contribution >= 0.6 is 0 Å². The Morgan fingerprint density at radius 3 is 1.80 bits per heavy atom. The standard InChI is InChI=1S/C5H8O3.2Ca.4H/c1-3-5(7)8-4(2)6;;;;;;/h3H2,1-2H3;;;;;;. The van der Waals surface area contributed by atoms with Gasteiger partial charge in [-0.15, -0.1) is 0 Å². The quantitative estimate of drug-likeness (QED) is 0.299. The Kier molecular flexibility index (Phi) is 18.8. The van der Waals surface area contributed by atoms with Crippen molar-refractivity contribution in [2.45, 2.75) is 20.3 Å². The predicted octanol–water partition coefficient (Wildman–Crippen LogP) is -1.35.